The molecular formula is C48H31N2OP. The minimum absolute atomic E-state index is 0.836. The van der Waals surface area contributed by atoms with Crippen LogP contribution in [0.15, 0.2) is 182 Å². The van der Waals surface area contributed by atoms with Gasteiger partial charge < -0.3 is 4.57 Å². The molecular weight excluding hydrogens is 652 g/mol. The van der Waals surface area contributed by atoms with Crippen LogP contribution in [-0.2, 0) is 4.57 Å². The Balaban J connectivity index is 1.07. The lowest BCUT2D eigenvalue weighted by molar-refractivity contribution is 0.592. The summed E-state index contributed by atoms with van der Waals surface area (Å²) < 4.78 is 17.3. The second kappa shape index (κ2) is 12.1. The highest BCUT2D eigenvalue weighted by Crippen LogP contribution is 2.43. The second-order valence-corrected chi connectivity index (χ2v) is 16.0. The third-order valence-corrected chi connectivity index (χ3v) is 13.3. The third-order valence-electron chi connectivity index (χ3n) is 10.3. The molecule has 1 aliphatic rings. The van der Waals surface area contributed by atoms with Gasteiger partial charge in [-0.25, -0.2) is 4.98 Å². The molecule has 3 nitrogen and oxygen atoms in total. The number of fused-ring (bicyclic) bond motifs is 9. The number of imidazole rings is 1. The topological polar surface area (TPSA) is 34.4 Å². The molecule has 0 radical (unpaired) electrons. The monoisotopic (exact) mass is 682 g/mol. The summed E-state index contributed by atoms with van der Waals surface area (Å²) in [4.78, 5) is 5.08. The van der Waals surface area contributed by atoms with E-state index in [4.69, 9.17) is 4.98 Å². The van der Waals surface area contributed by atoms with Crippen LogP contribution in [0.25, 0.3) is 72.5 Å². The van der Waals surface area contributed by atoms with Crippen LogP contribution in [-0.4, -0.2) is 9.38 Å². The molecule has 244 valence electrons. The molecule has 0 saturated carbocycles. The van der Waals surface area contributed by atoms with Crippen molar-refractivity contribution in [3.63, 3.8) is 0 Å². The van der Waals surface area contributed by atoms with E-state index in [-0.39, 0.29) is 0 Å². The summed E-state index contributed by atoms with van der Waals surface area (Å²) in [6.07, 6.45) is 8.04. The van der Waals surface area contributed by atoms with Crippen LogP contribution in [0.4, 0.5) is 0 Å². The highest BCUT2D eigenvalue weighted by molar-refractivity contribution is 7.85. The highest BCUT2D eigenvalue weighted by atomic mass is 31.2. The predicted octanol–water partition coefficient (Wildman–Crippen LogP) is 11.0. The molecule has 2 heterocycles. The number of rotatable bonds is 5. The number of allylic oxidation sites excluding steroid dienone is 2. The van der Waals surface area contributed by atoms with E-state index in [2.05, 4.69) is 113 Å². The van der Waals surface area contributed by atoms with Gasteiger partial charge in [-0.1, -0.05) is 146 Å². The van der Waals surface area contributed by atoms with Crippen molar-refractivity contribution < 1.29 is 4.57 Å². The smallest absolute Gasteiger partial charge is 0.171 e. The minimum atomic E-state index is -3.06. The van der Waals surface area contributed by atoms with Gasteiger partial charge in [-0.3, -0.25) is 4.40 Å². The maximum Gasteiger partial charge on any atom is 0.171 e. The van der Waals surface area contributed by atoms with Crippen LogP contribution in [0.5, 0.6) is 0 Å². The van der Waals surface area contributed by atoms with Crippen LogP contribution in [0.2, 0.25) is 0 Å². The Labute approximate surface area is 301 Å². The normalized spacial score (nSPS) is 12.5. The van der Waals surface area contributed by atoms with Crippen molar-refractivity contribution >= 4 is 73.3 Å². The molecule has 0 amide bonds. The van der Waals surface area contributed by atoms with E-state index >= 15 is 0 Å². The average molecular weight is 683 g/mol. The minimum Gasteiger partial charge on any atom is -0.309 e. The summed E-state index contributed by atoms with van der Waals surface area (Å²) in [6, 6.07) is 56.6. The molecule has 0 fully saturated rings. The summed E-state index contributed by atoms with van der Waals surface area (Å²) in [5.41, 5.74) is 11.8. The zero-order valence-corrected chi connectivity index (χ0v) is 29.0. The van der Waals surface area contributed by atoms with Gasteiger partial charge in [0.2, 0.25) is 0 Å². The standard InChI is InChI=1S/C48H31N2OP/c51-52(39-15-4-1-5-16-39,40-17-6-2-7-18-40)41-27-25-36-30-35(23-24-37(36)31-41)33-13-12-14-34(29-33)38-26-28-43-42-19-10-11-20-44(42)48-49-45-21-8-3-9-22-46(45)50(48)47(43)32-38/h1-7,9-32H. The zero-order chi connectivity index (χ0) is 34.6. The quantitative estimate of drug-likeness (QED) is 0.103. The first kappa shape index (κ1) is 30.3. The Morgan fingerprint density at radius 3 is 1.92 bits per heavy atom. The van der Waals surface area contributed by atoms with E-state index in [0.29, 0.717) is 0 Å². The molecule has 4 heteroatoms. The maximum atomic E-state index is 15.0. The van der Waals surface area contributed by atoms with Crippen molar-refractivity contribution in [2.24, 2.45) is 0 Å². The van der Waals surface area contributed by atoms with Crippen LogP contribution in [0.3, 0.4) is 0 Å². The van der Waals surface area contributed by atoms with E-state index in [1.54, 1.807) is 0 Å². The van der Waals surface area contributed by atoms with Crippen molar-refractivity contribution in [1.82, 2.24) is 9.38 Å². The number of benzene rings is 7. The molecule has 9 aromatic rings. The molecule has 52 heavy (non-hydrogen) atoms. The fraction of sp³-hybridized carbons (Fsp3) is 0. The van der Waals surface area contributed by atoms with E-state index in [1.165, 1.54) is 10.8 Å². The third kappa shape index (κ3) is 4.83. The molecule has 0 saturated heterocycles. The van der Waals surface area contributed by atoms with Crippen molar-refractivity contribution in [3.8, 4) is 22.3 Å². The van der Waals surface area contributed by atoms with Gasteiger partial charge in [-0.15, -0.1) is 5.73 Å². The Kier molecular flexibility index (Phi) is 7.05. The van der Waals surface area contributed by atoms with Gasteiger partial charge in [0.15, 0.2) is 7.14 Å². The van der Waals surface area contributed by atoms with Crippen LogP contribution in [0.1, 0.15) is 11.4 Å². The summed E-state index contributed by atoms with van der Waals surface area (Å²) in [5.74, 6) is 0. The van der Waals surface area contributed by atoms with Crippen molar-refractivity contribution in [1.29, 1.82) is 0 Å². The zero-order valence-electron chi connectivity index (χ0n) is 28.1. The molecule has 10 rings (SSSR count). The maximum absolute atomic E-state index is 15.0. The molecule has 0 bridgehead atoms. The fourth-order valence-electron chi connectivity index (χ4n) is 7.71. The molecule has 2 aromatic heterocycles. The number of aromatic nitrogens is 2. The molecule has 0 aliphatic heterocycles. The second-order valence-electron chi connectivity index (χ2n) is 13.3. The van der Waals surface area contributed by atoms with Crippen LogP contribution in [0, 0.1) is 0 Å². The van der Waals surface area contributed by atoms with Crippen LogP contribution < -0.4 is 15.9 Å². The lowest BCUT2D eigenvalue weighted by Crippen LogP contribution is -2.24. The van der Waals surface area contributed by atoms with Gasteiger partial charge in [0, 0.05) is 32.8 Å². The number of pyridine rings is 1. The van der Waals surface area contributed by atoms with Gasteiger partial charge in [0.1, 0.15) is 5.65 Å². The molecule has 7 aromatic carbocycles. The Bertz CT molecular complexity index is 2980. The van der Waals surface area contributed by atoms with Crippen molar-refractivity contribution in [3.05, 3.63) is 193 Å². The fourth-order valence-corrected chi connectivity index (χ4v) is 10.4. The molecule has 0 atom stereocenters. The van der Waals surface area contributed by atoms with E-state index in [9.17, 15) is 4.57 Å². The number of hydrogen-bond donors (Lipinski definition) is 0. The first-order chi connectivity index (χ1) is 25.6. The van der Waals surface area contributed by atoms with Gasteiger partial charge in [-0.2, -0.15) is 0 Å². The van der Waals surface area contributed by atoms with Gasteiger partial charge >= 0.3 is 0 Å². The molecule has 0 N–H and O–H groups in total. The van der Waals surface area contributed by atoms with E-state index in [1.807, 2.05) is 85.0 Å². The molecule has 0 spiro atoms. The van der Waals surface area contributed by atoms with Crippen molar-refractivity contribution in [2.75, 3.05) is 0 Å². The number of nitrogens with zero attached hydrogens (tertiary/aromatic N) is 2. The lowest BCUT2D eigenvalue weighted by atomic mass is 9.96. The average Bonchev–Trinajstić information content (AvgIpc) is 3.43. The summed E-state index contributed by atoms with van der Waals surface area (Å²) in [5, 5.41) is 8.20. The van der Waals surface area contributed by atoms with E-state index in [0.717, 1.165) is 76.9 Å². The largest absolute Gasteiger partial charge is 0.309 e. The first-order valence-corrected chi connectivity index (χ1v) is 19.2. The molecule has 0 unspecified atom stereocenters. The van der Waals surface area contributed by atoms with Gasteiger partial charge in [0.25, 0.3) is 0 Å². The Morgan fingerprint density at radius 2 is 1.15 bits per heavy atom. The SMILES string of the molecule is O=P(c1ccccc1)(c1ccccc1)c1ccc2cc(-c3cccc(-c4ccc5c6ccccc6c6nc7c(n6c5c4)C=CC=C=C7)c3)ccc2c1. The summed E-state index contributed by atoms with van der Waals surface area (Å²) in [6.45, 7) is 0. The highest BCUT2D eigenvalue weighted by Gasteiger charge is 2.29. The van der Waals surface area contributed by atoms with E-state index < -0.39 is 7.14 Å². The predicted molar refractivity (Wildman–Crippen MR) is 220 cm³/mol. The van der Waals surface area contributed by atoms with Crippen molar-refractivity contribution in [2.45, 2.75) is 0 Å². The van der Waals surface area contributed by atoms with Crippen LogP contribution >= 0.6 is 7.14 Å². The first-order valence-electron chi connectivity index (χ1n) is 17.5. The summed E-state index contributed by atoms with van der Waals surface area (Å²) >= 11 is 0. The Hall–Kier alpha value is -6.50. The molecule has 1 aliphatic carbocycles. The van der Waals surface area contributed by atoms with Gasteiger partial charge in [-0.05, 0) is 74.8 Å². The van der Waals surface area contributed by atoms with Gasteiger partial charge in [0.05, 0.1) is 16.9 Å². The number of hydrogen-bond acceptors (Lipinski definition) is 2. The Morgan fingerprint density at radius 1 is 0.519 bits per heavy atom. The summed E-state index contributed by atoms with van der Waals surface area (Å²) in [7, 11) is -3.06. The lowest BCUT2D eigenvalue weighted by Gasteiger charge is -2.20.